The maximum absolute atomic E-state index is 7.03. The lowest BCUT2D eigenvalue weighted by molar-refractivity contribution is 0.669. The zero-order valence-electron chi connectivity index (χ0n) is 39.0. The zero-order chi connectivity index (χ0) is 47.3. The van der Waals surface area contributed by atoms with Gasteiger partial charge in [-0.2, -0.15) is 0 Å². The Kier molecular flexibility index (Phi) is 8.92. The molecule has 0 spiro atoms. The molecule has 3 aromatic heterocycles. The summed E-state index contributed by atoms with van der Waals surface area (Å²) in [6.45, 7) is 0. The molecule has 0 aliphatic heterocycles. The monoisotopic (exact) mass is 918 g/mol. The summed E-state index contributed by atoms with van der Waals surface area (Å²) in [5, 5.41) is 11.8. The molecular weight excluding hydrogens is 877 g/mol. The van der Waals surface area contributed by atoms with Gasteiger partial charge in [0.15, 0.2) is 0 Å². The Labute approximate surface area is 414 Å². The van der Waals surface area contributed by atoms with Gasteiger partial charge < -0.3 is 18.3 Å². The van der Waals surface area contributed by atoms with Crippen LogP contribution in [-0.4, -0.2) is 4.57 Å². The van der Waals surface area contributed by atoms with Gasteiger partial charge in [0.2, 0.25) is 0 Å². The SMILES string of the molecule is c1cc(-c2ccc(N(c3ccc(-c4cc5ccccc5c5ccccc45)cc3)c3ccc(-c4cccc5oc6ccccc6c45)cc3)c3c2oc2ccccc23)cc(-n2c3ccccc3c3ccccc32)c1. The fraction of sp³-hybridized carbons (Fsp3) is 0. The lowest BCUT2D eigenvalue weighted by atomic mass is 9.93. The second-order valence-electron chi connectivity index (χ2n) is 18.8. The first-order valence-electron chi connectivity index (χ1n) is 24.6. The molecule has 0 amide bonds. The number of aromatic nitrogens is 1. The van der Waals surface area contributed by atoms with Gasteiger partial charge in [0, 0.05) is 49.6 Å². The summed E-state index contributed by atoms with van der Waals surface area (Å²) >= 11 is 0. The van der Waals surface area contributed by atoms with Gasteiger partial charge in [-0.3, -0.25) is 0 Å². The van der Waals surface area contributed by atoms with Crippen LogP contribution in [0.25, 0.3) is 126 Å². The minimum absolute atomic E-state index is 0.840. The predicted octanol–water partition coefficient (Wildman–Crippen LogP) is 19.4. The van der Waals surface area contributed by atoms with Crippen molar-refractivity contribution in [2.45, 2.75) is 0 Å². The largest absolute Gasteiger partial charge is 0.456 e. The second kappa shape index (κ2) is 16.0. The van der Waals surface area contributed by atoms with Gasteiger partial charge in [-0.1, -0.05) is 170 Å². The van der Waals surface area contributed by atoms with Crippen molar-refractivity contribution in [2.75, 3.05) is 4.90 Å². The van der Waals surface area contributed by atoms with Crippen molar-refractivity contribution < 1.29 is 8.83 Å². The van der Waals surface area contributed by atoms with Crippen LogP contribution < -0.4 is 4.90 Å². The molecule has 72 heavy (non-hydrogen) atoms. The Hall–Kier alpha value is -9.64. The van der Waals surface area contributed by atoms with Crippen LogP contribution in [0.1, 0.15) is 0 Å². The maximum Gasteiger partial charge on any atom is 0.145 e. The number of nitrogens with zero attached hydrogens (tertiary/aromatic N) is 2. The number of rotatable bonds is 7. The minimum atomic E-state index is 0.840. The molecule has 336 valence electrons. The summed E-state index contributed by atoms with van der Waals surface area (Å²) < 4.78 is 15.7. The van der Waals surface area contributed by atoms with Crippen molar-refractivity contribution in [3.63, 3.8) is 0 Å². The average molecular weight is 919 g/mol. The van der Waals surface area contributed by atoms with Gasteiger partial charge in [0.05, 0.1) is 22.1 Å². The quantitative estimate of drug-likeness (QED) is 0.149. The third-order valence-corrected chi connectivity index (χ3v) is 14.8. The van der Waals surface area contributed by atoms with E-state index in [0.717, 1.165) is 94.4 Å². The van der Waals surface area contributed by atoms with Crippen LogP contribution in [0.5, 0.6) is 0 Å². The predicted molar refractivity (Wildman–Crippen MR) is 301 cm³/mol. The number of hydrogen-bond acceptors (Lipinski definition) is 3. The number of furan rings is 2. The van der Waals surface area contributed by atoms with E-state index in [4.69, 9.17) is 8.83 Å². The minimum Gasteiger partial charge on any atom is -0.456 e. The lowest BCUT2D eigenvalue weighted by Crippen LogP contribution is -2.10. The van der Waals surface area contributed by atoms with Gasteiger partial charge in [-0.05, 0) is 134 Å². The molecule has 0 atom stereocenters. The van der Waals surface area contributed by atoms with Gasteiger partial charge >= 0.3 is 0 Å². The van der Waals surface area contributed by atoms with E-state index in [1.54, 1.807) is 0 Å². The van der Waals surface area contributed by atoms with E-state index >= 15 is 0 Å². The lowest BCUT2D eigenvalue weighted by Gasteiger charge is -2.27. The van der Waals surface area contributed by atoms with Crippen LogP contribution in [0.15, 0.2) is 264 Å². The summed E-state index contributed by atoms with van der Waals surface area (Å²) in [5.74, 6) is 0. The summed E-state index contributed by atoms with van der Waals surface area (Å²) in [6, 6.07) is 91.7. The number of para-hydroxylation sites is 4. The molecule has 12 aromatic carbocycles. The number of anilines is 3. The van der Waals surface area contributed by atoms with Crippen molar-refractivity contribution in [3.05, 3.63) is 255 Å². The molecule has 15 rings (SSSR count). The molecule has 0 bridgehead atoms. The van der Waals surface area contributed by atoms with Gasteiger partial charge in [-0.15, -0.1) is 0 Å². The molecule has 0 aliphatic carbocycles. The molecule has 4 nitrogen and oxygen atoms in total. The third-order valence-electron chi connectivity index (χ3n) is 14.8. The normalized spacial score (nSPS) is 11.9. The third kappa shape index (κ3) is 6.19. The molecule has 0 radical (unpaired) electrons. The first-order chi connectivity index (χ1) is 35.7. The molecule has 0 aliphatic rings. The second-order valence-corrected chi connectivity index (χ2v) is 18.8. The molecule has 0 N–H and O–H groups in total. The standard InChI is InChI=1S/C68H42N2O2/c1-2-18-50-46(15-1)42-59(54-20-4-3-19-53(50)54)44-33-37-48(38-34-44)69(47-35-31-43(32-36-47)51-25-14-30-65-66(51)57-23-7-11-28-63(57)71-65)62-40-39-52(68-67(62)58-24-8-12-29-64(58)72-68)45-16-13-17-49(41-45)70-60-26-9-5-21-55(60)56-22-6-10-27-61(56)70/h1-42H. The summed E-state index contributed by atoms with van der Waals surface area (Å²) in [4.78, 5) is 2.39. The molecule has 15 aromatic rings. The summed E-state index contributed by atoms with van der Waals surface area (Å²) in [6.07, 6.45) is 0. The fourth-order valence-corrected chi connectivity index (χ4v) is 11.6. The smallest absolute Gasteiger partial charge is 0.145 e. The molecule has 4 heteroatoms. The highest BCUT2D eigenvalue weighted by atomic mass is 16.3. The summed E-state index contributed by atoms with van der Waals surface area (Å²) in [5.41, 5.74) is 16.7. The first kappa shape index (κ1) is 40.3. The number of benzene rings is 12. The Balaban J connectivity index is 0.920. The van der Waals surface area contributed by atoms with Crippen molar-refractivity contribution in [2.24, 2.45) is 0 Å². The van der Waals surface area contributed by atoms with Gasteiger partial charge in [-0.25, -0.2) is 0 Å². The fourth-order valence-electron chi connectivity index (χ4n) is 11.6. The average Bonchev–Trinajstić information content (AvgIpc) is 4.14. The van der Waals surface area contributed by atoms with E-state index < -0.39 is 0 Å². The van der Waals surface area contributed by atoms with Crippen LogP contribution in [0.2, 0.25) is 0 Å². The molecule has 0 fully saturated rings. The molecule has 0 saturated heterocycles. The van der Waals surface area contributed by atoms with Crippen molar-refractivity contribution in [1.82, 2.24) is 4.57 Å². The Morgan fingerprint density at radius 2 is 0.847 bits per heavy atom. The van der Waals surface area contributed by atoms with Crippen LogP contribution in [-0.2, 0) is 0 Å². The highest BCUT2D eigenvalue weighted by molar-refractivity contribution is 6.18. The van der Waals surface area contributed by atoms with Crippen LogP contribution in [0.3, 0.4) is 0 Å². The van der Waals surface area contributed by atoms with Crippen LogP contribution in [0.4, 0.5) is 17.1 Å². The molecule has 0 saturated carbocycles. The van der Waals surface area contributed by atoms with Gasteiger partial charge in [0.1, 0.15) is 22.3 Å². The molecular formula is C68H42N2O2. The molecule has 0 unspecified atom stereocenters. The van der Waals surface area contributed by atoms with Crippen molar-refractivity contribution in [3.8, 4) is 39.1 Å². The Bertz CT molecular complexity index is 4580. The number of hydrogen-bond donors (Lipinski definition) is 0. The Morgan fingerprint density at radius 1 is 0.306 bits per heavy atom. The highest BCUT2D eigenvalue weighted by Crippen LogP contribution is 2.48. The van der Waals surface area contributed by atoms with E-state index in [1.165, 1.54) is 48.9 Å². The van der Waals surface area contributed by atoms with Crippen molar-refractivity contribution in [1.29, 1.82) is 0 Å². The first-order valence-corrected chi connectivity index (χ1v) is 24.6. The van der Waals surface area contributed by atoms with E-state index in [1.807, 2.05) is 12.1 Å². The maximum atomic E-state index is 7.03. The Morgan fingerprint density at radius 3 is 1.56 bits per heavy atom. The summed E-state index contributed by atoms with van der Waals surface area (Å²) in [7, 11) is 0. The van der Waals surface area contributed by atoms with Crippen LogP contribution in [0, 0.1) is 0 Å². The number of fused-ring (bicyclic) bond motifs is 12. The van der Waals surface area contributed by atoms with E-state index in [9.17, 15) is 0 Å². The van der Waals surface area contributed by atoms with Crippen LogP contribution >= 0.6 is 0 Å². The molecule has 3 heterocycles. The van der Waals surface area contributed by atoms with Gasteiger partial charge in [0.25, 0.3) is 0 Å². The van der Waals surface area contributed by atoms with Crippen molar-refractivity contribution >= 4 is 104 Å². The highest BCUT2D eigenvalue weighted by Gasteiger charge is 2.24. The topological polar surface area (TPSA) is 34.5 Å². The zero-order valence-corrected chi connectivity index (χ0v) is 39.0. The van der Waals surface area contributed by atoms with E-state index in [2.05, 4.69) is 252 Å². The van der Waals surface area contributed by atoms with E-state index in [0.29, 0.717) is 0 Å². The van der Waals surface area contributed by atoms with E-state index in [-0.39, 0.29) is 0 Å².